The first-order valence-corrected chi connectivity index (χ1v) is 10.9. The summed E-state index contributed by atoms with van der Waals surface area (Å²) < 4.78 is 11.9. The van der Waals surface area contributed by atoms with Gasteiger partial charge in [0.05, 0.1) is 35.6 Å². The monoisotopic (exact) mass is 451 g/mol. The maximum Gasteiger partial charge on any atom is 0.219 e. The minimum Gasteiger partial charge on any atom is -0.475 e. The maximum absolute atomic E-state index is 8.90. The number of aromatic nitrogens is 5. The number of aliphatic hydroxyl groups excluding tert-OH is 1. The lowest BCUT2D eigenvalue weighted by atomic mass is 10.2. The van der Waals surface area contributed by atoms with Gasteiger partial charge in [-0.15, -0.1) is 11.3 Å². The first-order chi connectivity index (χ1) is 15.7. The van der Waals surface area contributed by atoms with Gasteiger partial charge in [0, 0.05) is 48.2 Å². The summed E-state index contributed by atoms with van der Waals surface area (Å²) >= 11 is 1.62. The van der Waals surface area contributed by atoms with E-state index in [1.54, 1.807) is 36.0 Å². The topological polar surface area (TPSA) is 132 Å². The molecule has 0 saturated carbocycles. The van der Waals surface area contributed by atoms with Gasteiger partial charge in [0.1, 0.15) is 6.61 Å². The molecule has 1 fully saturated rings. The molecule has 164 valence electrons. The van der Waals surface area contributed by atoms with Gasteiger partial charge < -0.3 is 25.2 Å². The summed E-state index contributed by atoms with van der Waals surface area (Å²) in [5.41, 5.74) is 8.14. The second-order valence-electron chi connectivity index (χ2n) is 7.08. The van der Waals surface area contributed by atoms with Gasteiger partial charge in [-0.05, 0) is 12.1 Å². The number of hydrogen-bond donors (Lipinski definition) is 2. The molecule has 4 aromatic heterocycles. The number of pyridine rings is 1. The highest BCUT2D eigenvalue weighted by atomic mass is 32.1. The summed E-state index contributed by atoms with van der Waals surface area (Å²) in [6.45, 7) is 2.99. The SMILES string of the molecule is Nc1ncc(-c2nc(N3CCOCC3)c3sc(-c4ccc(OCCO)nc4)cc3n2)cn1. The predicted molar refractivity (Wildman–Crippen MR) is 122 cm³/mol. The summed E-state index contributed by atoms with van der Waals surface area (Å²) in [5.74, 6) is 2.11. The first-order valence-electron chi connectivity index (χ1n) is 10.1. The Morgan fingerprint density at radius 1 is 1.06 bits per heavy atom. The van der Waals surface area contributed by atoms with Crippen molar-refractivity contribution in [2.45, 2.75) is 0 Å². The van der Waals surface area contributed by atoms with Gasteiger partial charge >= 0.3 is 0 Å². The lowest BCUT2D eigenvalue weighted by Gasteiger charge is -2.28. The average molecular weight is 452 g/mol. The fourth-order valence-corrected chi connectivity index (χ4v) is 4.50. The molecule has 10 nitrogen and oxygen atoms in total. The van der Waals surface area contributed by atoms with Gasteiger partial charge in [-0.3, -0.25) is 0 Å². The van der Waals surface area contributed by atoms with Crippen molar-refractivity contribution < 1.29 is 14.6 Å². The Morgan fingerprint density at radius 2 is 1.84 bits per heavy atom. The highest BCUT2D eigenvalue weighted by Gasteiger charge is 2.21. The predicted octanol–water partition coefficient (Wildman–Crippen LogP) is 2.00. The first kappa shape index (κ1) is 20.5. The van der Waals surface area contributed by atoms with Gasteiger partial charge in [0.25, 0.3) is 0 Å². The van der Waals surface area contributed by atoms with E-state index in [0.29, 0.717) is 30.5 Å². The van der Waals surface area contributed by atoms with E-state index in [1.807, 2.05) is 12.1 Å². The van der Waals surface area contributed by atoms with Crippen LogP contribution in [0.4, 0.5) is 11.8 Å². The molecule has 0 amide bonds. The molecule has 0 spiro atoms. The molecule has 0 aliphatic carbocycles. The molecule has 0 bridgehead atoms. The van der Waals surface area contributed by atoms with Crippen LogP contribution in [0.15, 0.2) is 36.8 Å². The number of rotatable bonds is 6. The van der Waals surface area contributed by atoms with Crippen molar-refractivity contribution in [3.8, 4) is 27.7 Å². The summed E-state index contributed by atoms with van der Waals surface area (Å²) in [6.07, 6.45) is 5.03. The molecule has 0 atom stereocenters. The fraction of sp³-hybridized carbons (Fsp3) is 0.286. The van der Waals surface area contributed by atoms with Crippen LogP contribution in [-0.4, -0.2) is 69.5 Å². The van der Waals surface area contributed by atoms with Crippen LogP contribution in [0.3, 0.4) is 0 Å². The van der Waals surface area contributed by atoms with E-state index >= 15 is 0 Å². The van der Waals surface area contributed by atoms with Gasteiger partial charge in [0.2, 0.25) is 11.8 Å². The number of nitrogens with two attached hydrogens (primary N) is 1. The van der Waals surface area contributed by atoms with E-state index in [9.17, 15) is 0 Å². The van der Waals surface area contributed by atoms with E-state index < -0.39 is 0 Å². The third kappa shape index (κ3) is 4.17. The molecule has 3 N–H and O–H groups in total. The normalized spacial score (nSPS) is 14.1. The standard InChI is InChI=1S/C21H21N7O3S/c22-21-24-11-14(12-25-21)19-26-15-9-16(13-1-2-17(23-10-13)31-8-5-29)32-18(15)20(27-19)28-3-6-30-7-4-28/h1-2,9-12,29H,3-8H2,(H2,22,24,25). The Bertz CT molecular complexity index is 1210. The molecule has 11 heteroatoms. The Morgan fingerprint density at radius 3 is 2.56 bits per heavy atom. The number of fused-ring (bicyclic) bond motifs is 1. The van der Waals surface area contributed by atoms with Gasteiger partial charge in [-0.1, -0.05) is 0 Å². The zero-order valence-electron chi connectivity index (χ0n) is 17.1. The molecule has 1 aliphatic heterocycles. The van der Waals surface area contributed by atoms with Gasteiger partial charge in [-0.2, -0.15) is 0 Å². The van der Waals surface area contributed by atoms with Crippen molar-refractivity contribution >= 4 is 33.3 Å². The number of nitrogens with zero attached hydrogens (tertiary/aromatic N) is 6. The molecule has 0 aromatic carbocycles. The van der Waals surface area contributed by atoms with E-state index in [4.69, 9.17) is 30.3 Å². The molecule has 32 heavy (non-hydrogen) atoms. The van der Waals surface area contributed by atoms with Crippen LogP contribution in [0, 0.1) is 0 Å². The van der Waals surface area contributed by atoms with Crippen molar-refractivity contribution in [1.29, 1.82) is 0 Å². The van der Waals surface area contributed by atoms with Gasteiger partial charge in [0.15, 0.2) is 11.6 Å². The smallest absolute Gasteiger partial charge is 0.219 e. The van der Waals surface area contributed by atoms with Crippen molar-refractivity contribution in [3.05, 3.63) is 36.8 Å². The minimum atomic E-state index is -0.0515. The summed E-state index contributed by atoms with van der Waals surface area (Å²) in [7, 11) is 0. The zero-order valence-corrected chi connectivity index (χ0v) is 18.0. The Balaban J connectivity index is 1.57. The lowest BCUT2D eigenvalue weighted by molar-refractivity contribution is 0.122. The van der Waals surface area contributed by atoms with Crippen molar-refractivity contribution in [3.63, 3.8) is 0 Å². The molecule has 0 radical (unpaired) electrons. The molecule has 4 aromatic rings. The van der Waals surface area contributed by atoms with Gasteiger partial charge in [-0.25, -0.2) is 24.9 Å². The molecule has 0 unspecified atom stereocenters. The molecule has 1 aliphatic rings. The number of morpholine rings is 1. The van der Waals surface area contributed by atoms with E-state index in [2.05, 4.69) is 19.9 Å². The van der Waals surface area contributed by atoms with E-state index in [-0.39, 0.29) is 19.2 Å². The van der Waals surface area contributed by atoms with Crippen LogP contribution >= 0.6 is 11.3 Å². The maximum atomic E-state index is 8.90. The Kier molecular flexibility index (Phi) is 5.75. The Hall–Kier alpha value is -3.41. The number of thiophene rings is 1. The number of nitrogen functional groups attached to an aromatic ring is 1. The quantitative estimate of drug-likeness (QED) is 0.448. The second-order valence-corrected chi connectivity index (χ2v) is 8.13. The molecular formula is C21H21N7O3S. The third-order valence-corrected chi connectivity index (χ3v) is 6.13. The molecule has 5 heterocycles. The summed E-state index contributed by atoms with van der Waals surface area (Å²) in [6, 6.07) is 5.78. The van der Waals surface area contributed by atoms with Crippen LogP contribution in [0.1, 0.15) is 0 Å². The highest BCUT2D eigenvalue weighted by Crippen LogP contribution is 2.38. The molecule has 1 saturated heterocycles. The highest BCUT2D eigenvalue weighted by molar-refractivity contribution is 7.22. The summed E-state index contributed by atoms with van der Waals surface area (Å²) in [4.78, 5) is 25.4. The third-order valence-electron chi connectivity index (χ3n) is 4.96. The minimum absolute atomic E-state index is 0.0515. The van der Waals surface area contributed by atoms with Crippen LogP contribution in [0.25, 0.3) is 32.0 Å². The van der Waals surface area contributed by atoms with Crippen molar-refractivity contribution in [1.82, 2.24) is 24.9 Å². The zero-order chi connectivity index (χ0) is 21.9. The van der Waals surface area contributed by atoms with E-state index in [0.717, 1.165) is 39.6 Å². The number of ether oxygens (including phenoxy) is 2. The molecular weight excluding hydrogens is 430 g/mol. The number of anilines is 2. The number of aliphatic hydroxyl groups is 1. The number of hydrogen-bond acceptors (Lipinski definition) is 11. The summed E-state index contributed by atoms with van der Waals surface area (Å²) in [5, 5.41) is 8.90. The second kappa shape index (κ2) is 8.99. The van der Waals surface area contributed by atoms with Crippen LogP contribution in [-0.2, 0) is 4.74 Å². The molecule has 5 rings (SSSR count). The lowest BCUT2D eigenvalue weighted by Crippen LogP contribution is -2.36. The van der Waals surface area contributed by atoms with Crippen molar-refractivity contribution in [2.24, 2.45) is 0 Å². The van der Waals surface area contributed by atoms with Crippen molar-refractivity contribution in [2.75, 3.05) is 50.2 Å². The van der Waals surface area contributed by atoms with Crippen LogP contribution in [0.2, 0.25) is 0 Å². The average Bonchev–Trinajstić information content (AvgIpc) is 3.28. The Labute approximate surface area is 187 Å². The fourth-order valence-electron chi connectivity index (χ4n) is 3.39. The largest absolute Gasteiger partial charge is 0.475 e. The van der Waals surface area contributed by atoms with Crippen LogP contribution in [0.5, 0.6) is 5.88 Å². The van der Waals surface area contributed by atoms with E-state index in [1.165, 1.54) is 0 Å². The van der Waals surface area contributed by atoms with Crippen LogP contribution < -0.4 is 15.4 Å².